The molecule has 1 aromatic carbocycles. The molecule has 1 atom stereocenters. The number of hydrogen-bond acceptors (Lipinski definition) is 7. The first-order valence-electron chi connectivity index (χ1n) is 12.9. The van der Waals surface area contributed by atoms with Crippen LogP contribution in [0.4, 0.5) is 42.6 Å². The van der Waals surface area contributed by atoms with E-state index in [0.717, 1.165) is 6.07 Å². The minimum Gasteiger partial charge on any atom is -0.444 e. The van der Waals surface area contributed by atoms with E-state index in [0.29, 0.717) is 0 Å². The van der Waals surface area contributed by atoms with Crippen LogP contribution in [0.25, 0.3) is 11.0 Å². The van der Waals surface area contributed by atoms with Crippen LogP contribution >= 0.6 is 0 Å². The van der Waals surface area contributed by atoms with Gasteiger partial charge in [-0.05, 0) is 40.7 Å². The number of benzene rings is 1. The van der Waals surface area contributed by atoms with Gasteiger partial charge in [0.05, 0.1) is 22.7 Å². The number of hydrogen-bond donors (Lipinski definition) is 1. The second-order valence-corrected chi connectivity index (χ2v) is 10.7. The molecule has 0 radical (unpaired) electrons. The van der Waals surface area contributed by atoms with Crippen molar-refractivity contribution in [1.82, 2.24) is 19.9 Å². The van der Waals surface area contributed by atoms with Gasteiger partial charge in [-0.15, -0.1) is 0 Å². The first kappa shape index (κ1) is 30.1. The zero-order chi connectivity index (χ0) is 30.3. The highest BCUT2D eigenvalue weighted by Crippen LogP contribution is 2.39. The number of pyridine rings is 1. The Morgan fingerprint density at radius 3 is 2.24 bits per heavy atom. The fourth-order valence-electron chi connectivity index (χ4n) is 4.52. The van der Waals surface area contributed by atoms with Crippen molar-refractivity contribution in [3.05, 3.63) is 52.7 Å². The van der Waals surface area contributed by atoms with Gasteiger partial charge in [-0.2, -0.15) is 13.2 Å². The fraction of sp³-hybridized carbons (Fsp3) is 0.481. The predicted molar refractivity (Wildman–Crippen MR) is 140 cm³/mol. The van der Waals surface area contributed by atoms with E-state index in [9.17, 15) is 31.1 Å². The third kappa shape index (κ3) is 6.73. The summed E-state index contributed by atoms with van der Waals surface area (Å²) in [5, 5.41) is 3.07. The Hall–Kier alpha value is -3.84. The summed E-state index contributed by atoms with van der Waals surface area (Å²) in [6, 6.07) is 4.00. The Morgan fingerprint density at radius 1 is 1.02 bits per heavy atom. The average molecular weight is 585 g/mol. The van der Waals surface area contributed by atoms with Crippen molar-refractivity contribution in [3.63, 3.8) is 0 Å². The lowest BCUT2D eigenvalue weighted by Gasteiger charge is -2.37. The lowest BCUT2D eigenvalue weighted by atomic mass is 10.0. The second-order valence-electron chi connectivity index (χ2n) is 10.7. The topological polar surface area (TPSA) is 83.5 Å². The normalized spacial score (nSPS) is 15.4. The zero-order valence-corrected chi connectivity index (χ0v) is 23.1. The number of carbonyl (C=O) groups excluding carboxylic acids is 1. The summed E-state index contributed by atoms with van der Waals surface area (Å²) in [6.45, 7) is 8.54. The van der Waals surface area contributed by atoms with E-state index in [1.165, 1.54) is 41.8 Å². The van der Waals surface area contributed by atoms with Crippen LogP contribution in [0.2, 0.25) is 0 Å². The monoisotopic (exact) mass is 584 g/mol. The van der Waals surface area contributed by atoms with Gasteiger partial charge in [0.25, 0.3) is 6.43 Å². The molecule has 1 saturated heterocycles. The van der Waals surface area contributed by atoms with Crippen molar-refractivity contribution in [2.75, 3.05) is 36.4 Å². The number of ether oxygens (including phenoxy) is 1. The zero-order valence-electron chi connectivity index (χ0n) is 23.1. The molecule has 2 aromatic heterocycles. The molecule has 1 amide bonds. The molecule has 1 aliphatic rings. The van der Waals surface area contributed by atoms with Gasteiger partial charge < -0.3 is 19.9 Å². The van der Waals surface area contributed by atoms with Crippen molar-refractivity contribution in [1.29, 1.82) is 0 Å². The number of amides is 1. The number of aromatic nitrogens is 3. The van der Waals surface area contributed by atoms with E-state index in [1.54, 1.807) is 20.8 Å². The number of piperazine rings is 1. The second kappa shape index (κ2) is 11.2. The van der Waals surface area contributed by atoms with E-state index < -0.39 is 47.4 Å². The number of alkyl halides is 5. The number of anilines is 2. The molecule has 0 unspecified atom stereocenters. The van der Waals surface area contributed by atoms with Gasteiger partial charge in [0.15, 0.2) is 11.3 Å². The largest absolute Gasteiger partial charge is 0.444 e. The van der Waals surface area contributed by atoms with Gasteiger partial charge in [0.1, 0.15) is 23.1 Å². The van der Waals surface area contributed by atoms with Gasteiger partial charge in [-0.25, -0.2) is 32.9 Å². The van der Waals surface area contributed by atoms with E-state index in [4.69, 9.17) is 4.74 Å². The smallest absolute Gasteiger partial charge is 0.435 e. The molecule has 0 bridgehead atoms. The highest BCUT2D eigenvalue weighted by molar-refractivity contribution is 5.90. The highest BCUT2D eigenvalue weighted by atomic mass is 19.4. The third-order valence-electron chi connectivity index (χ3n) is 6.43. The maximum absolute atomic E-state index is 14.8. The number of fused-ring (bicyclic) bond motifs is 1. The summed E-state index contributed by atoms with van der Waals surface area (Å²) in [5.74, 6) is -0.913. The molecule has 1 N–H and O–H groups in total. The van der Waals surface area contributed by atoms with Gasteiger partial charge in [-0.1, -0.05) is 18.2 Å². The lowest BCUT2D eigenvalue weighted by molar-refractivity contribution is -0.140. The molecule has 8 nitrogen and oxygen atoms in total. The van der Waals surface area contributed by atoms with Crippen molar-refractivity contribution in [3.8, 4) is 0 Å². The Kier molecular flexibility index (Phi) is 8.23. The summed E-state index contributed by atoms with van der Waals surface area (Å²) in [5.41, 5.74) is -3.17. The van der Waals surface area contributed by atoms with Crippen molar-refractivity contribution < 1.29 is 35.9 Å². The van der Waals surface area contributed by atoms with Gasteiger partial charge in [-0.3, -0.25) is 0 Å². The van der Waals surface area contributed by atoms with Crippen LogP contribution in [0, 0.1) is 12.7 Å². The SMILES string of the molecule is Cc1nc(N[C@H](C)c2cccc(C(F)F)c2F)c2cc(N3CCN(C(=O)OC(C)(C)C)CC3)c(C(F)(F)F)nc2n1. The Morgan fingerprint density at radius 2 is 1.66 bits per heavy atom. The van der Waals surface area contributed by atoms with Crippen molar-refractivity contribution in [2.45, 2.75) is 58.9 Å². The van der Waals surface area contributed by atoms with Gasteiger partial charge >= 0.3 is 12.3 Å². The Bertz CT molecular complexity index is 1430. The van der Waals surface area contributed by atoms with Crippen LogP contribution in [0.1, 0.15) is 62.8 Å². The van der Waals surface area contributed by atoms with Crippen LogP contribution in [0.15, 0.2) is 24.3 Å². The fourth-order valence-corrected chi connectivity index (χ4v) is 4.52. The lowest BCUT2D eigenvalue weighted by Crippen LogP contribution is -2.50. The first-order valence-corrected chi connectivity index (χ1v) is 12.9. The standard InChI is InChI=1S/C27H30F6N6O2/c1-14(16-7-6-8-17(20(16)28)22(29)30)34-23-18-13-19(21(27(31,32)33)37-24(18)36-15(2)35-23)38-9-11-39(12-10-38)25(40)41-26(3,4)5/h6-8,13-14,22H,9-12H2,1-5H3,(H,34,35,36,37)/t14-/m1/s1. The predicted octanol–water partition coefficient (Wildman–Crippen LogP) is 6.66. The molecule has 222 valence electrons. The summed E-state index contributed by atoms with van der Waals surface area (Å²) in [6.07, 6.45) is -8.39. The van der Waals surface area contributed by atoms with Crippen LogP contribution in [-0.2, 0) is 10.9 Å². The summed E-state index contributed by atoms with van der Waals surface area (Å²) < 4.78 is 89.2. The molecule has 14 heteroatoms. The Labute approximate surface area is 232 Å². The van der Waals surface area contributed by atoms with Crippen LogP contribution < -0.4 is 10.2 Å². The minimum atomic E-state index is -4.82. The van der Waals surface area contributed by atoms with Crippen LogP contribution in [-0.4, -0.2) is 57.7 Å². The summed E-state index contributed by atoms with van der Waals surface area (Å²) in [7, 11) is 0. The quantitative estimate of drug-likeness (QED) is 0.336. The minimum absolute atomic E-state index is 0.0643. The van der Waals surface area contributed by atoms with E-state index in [-0.39, 0.29) is 60.1 Å². The molecule has 3 aromatic rings. The number of nitrogens with zero attached hydrogens (tertiary/aromatic N) is 5. The maximum Gasteiger partial charge on any atom is 0.435 e. The maximum atomic E-state index is 14.8. The number of nitrogens with one attached hydrogen (secondary N) is 1. The molecular weight excluding hydrogens is 554 g/mol. The third-order valence-corrected chi connectivity index (χ3v) is 6.43. The van der Waals surface area contributed by atoms with Crippen LogP contribution in [0.3, 0.4) is 0 Å². The molecule has 3 heterocycles. The van der Waals surface area contributed by atoms with Crippen molar-refractivity contribution >= 4 is 28.6 Å². The van der Waals surface area contributed by atoms with Crippen molar-refractivity contribution in [2.24, 2.45) is 0 Å². The average Bonchev–Trinajstić information content (AvgIpc) is 2.86. The molecule has 1 fully saturated rings. The molecule has 0 spiro atoms. The number of aryl methyl sites for hydroxylation is 1. The van der Waals surface area contributed by atoms with Gasteiger partial charge in [0, 0.05) is 31.7 Å². The molecule has 0 saturated carbocycles. The highest BCUT2D eigenvalue weighted by Gasteiger charge is 2.39. The molecule has 1 aliphatic heterocycles. The van der Waals surface area contributed by atoms with E-state index >= 15 is 0 Å². The molecular formula is C27H30F6N6O2. The van der Waals surface area contributed by atoms with E-state index in [1.807, 2.05) is 0 Å². The number of halogens is 6. The number of carbonyl (C=O) groups is 1. The molecule has 41 heavy (non-hydrogen) atoms. The first-order chi connectivity index (χ1) is 19.0. The van der Waals surface area contributed by atoms with Crippen LogP contribution in [0.5, 0.6) is 0 Å². The molecule has 0 aliphatic carbocycles. The summed E-state index contributed by atoms with van der Waals surface area (Å²) >= 11 is 0. The Balaban J connectivity index is 1.70. The van der Waals surface area contributed by atoms with E-state index in [2.05, 4.69) is 20.3 Å². The number of rotatable bonds is 5. The van der Waals surface area contributed by atoms with Gasteiger partial charge in [0.2, 0.25) is 0 Å². The summed E-state index contributed by atoms with van der Waals surface area (Å²) in [4.78, 5) is 27.5. The molecule has 4 rings (SSSR count).